The Morgan fingerprint density at radius 3 is 2.58 bits per heavy atom. The summed E-state index contributed by atoms with van der Waals surface area (Å²) in [6.45, 7) is 1.17. The zero-order valence-electron chi connectivity index (χ0n) is 9.95. The maximum absolute atomic E-state index is 12.3. The van der Waals surface area contributed by atoms with E-state index in [0.717, 1.165) is 6.20 Å². The average molecular weight is 279 g/mol. The first kappa shape index (κ1) is 15.0. The summed E-state index contributed by atoms with van der Waals surface area (Å²) in [4.78, 5) is 15.2. The van der Waals surface area contributed by atoms with E-state index in [9.17, 15) is 18.0 Å². The summed E-state index contributed by atoms with van der Waals surface area (Å²) in [5, 5.41) is 0. The fraction of sp³-hybridized carbons (Fsp3) is 0.400. The number of pyridine rings is 1. The molecule has 1 aromatic heterocycles. The first-order chi connectivity index (χ1) is 8.80. The Labute approximate surface area is 106 Å². The third-order valence-corrected chi connectivity index (χ3v) is 2.05. The van der Waals surface area contributed by atoms with Crippen LogP contribution in [0, 0.1) is 0 Å². The van der Waals surface area contributed by atoms with Crippen LogP contribution in [0.15, 0.2) is 6.20 Å². The molecule has 0 radical (unpaired) electrons. The Morgan fingerprint density at radius 1 is 1.47 bits per heavy atom. The van der Waals surface area contributed by atoms with Gasteiger partial charge in [-0.15, -0.1) is 13.2 Å². The SMILES string of the molecule is CCOC(=O)c1c(N)ncc(CN)c1OC(F)(F)F. The minimum Gasteiger partial charge on any atom is -0.462 e. The van der Waals surface area contributed by atoms with Crippen LogP contribution in [-0.4, -0.2) is 23.9 Å². The minimum atomic E-state index is -4.99. The number of nitrogens with two attached hydrogens (primary N) is 2. The summed E-state index contributed by atoms with van der Waals surface area (Å²) in [6, 6.07) is 0. The van der Waals surface area contributed by atoms with Gasteiger partial charge in [-0.1, -0.05) is 0 Å². The van der Waals surface area contributed by atoms with Crippen LogP contribution >= 0.6 is 0 Å². The number of nitrogens with zero attached hydrogens (tertiary/aromatic N) is 1. The van der Waals surface area contributed by atoms with Crippen LogP contribution in [0.4, 0.5) is 19.0 Å². The van der Waals surface area contributed by atoms with E-state index >= 15 is 0 Å². The van der Waals surface area contributed by atoms with Crippen LogP contribution in [0.2, 0.25) is 0 Å². The Hall–Kier alpha value is -2.03. The van der Waals surface area contributed by atoms with Crippen LogP contribution in [0.3, 0.4) is 0 Å². The van der Waals surface area contributed by atoms with E-state index in [1.807, 2.05) is 0 Å². The molecule has 0 spiro atoms. The van der Waals surface area contributed by atoms with Crippen LogP contribution in [0.25, 0.3) is 0 Å². The molecule has 0 saturated carbocycles. The van der Waals surface area contributed by atoms with Crippen molar-refractivity contribution in [2.75, 3.05) is 12.3 Å². The van der Waals surface area contributed by atoms with E-state index in [1.54, 1.807) is 0 Å². The van der Waals surface area contributed by atoms with Crippen molar-refractivity contribution >= 4 is 11.8 Å². The van der Waals surface area contributed by atoms with E-state index < -0.39 is 29.5 Å². The largest absolute Gasteiger partial charge is 0.573 e. The lowest BCUT2D eigenvalue weighted by Gasteiger charge is -2.16. The van der Waals surface area contributed by atoms with Gasteiger partial charge in [-0.2, -0.15) is 0 Å². The van der Waals surface area contributed by atoms with Crippen molar-refractivity contribution < 1.29 is 27.4 Å². The van der Waals surface area contributed by atoms with Crippen molar-refractivity contribution in [3.63, 3.8) is 0 Å². The van der Waals surface area contributed by atoms with Crippen molar-refractivity contribution in [2.45, 2.75) is 19.8 Å². The molecule has 0 unspecified atom stereocenters. The lowest BCUT2D eigenvalue weighted by molar-refractivity contribution is -0.275. The molecule has 0 aromatic carbocycles. The molecule has 0 saturated heterocycles. The zero-order chi connectivity index (χ0) is 14.6. The summed E-state index contributed by atoms with van der Waals surface area (Å²) in [5.41, 5.74) is 9.99. The van der Waals surface area contributed by atoms with E-state index in [4.69, 9.17) is 11.5 Å². The van der Waals surface area contributed by atoms with Gasteiger partial charge >= 0.3 is 12.3 Å². The normalized spacial score (nSPS) is 11.2. The number of anilines is 1. The minimum absolute atomic E-state index is 0.0312. The highest BCUT2D eigenvalue weighted by molar-refractivity contribution is 5.97. The number of halogens is 3. The molecular weight excluding hydrogens is 267 g/mol. The predicted molar refractivity (Wildman–Crippen MR) is 59.2 cm³/mol. The fourth-order valence-corrected chi connectivity index (χ4v) is 1.33. The number of esters is 1. The van der Waals surface area contributed by atoms with Gasteiger partial charge in [0, 0.05) is 18.3 Å². The van der Waals surface area contributed by atoms with Gasteiger partial charge < -0.3 is 20.9 Å². The average Bonchev–Trinajstić information content (AvgIpc) is 2.27. The van der Waals surface area contributed by atoms with Crippen molar-refractivity contribution in [3.05, 3.63) is 17.3 Å². The molecule has 0 aliphatic rings. The Kier molecular flexibility index (Phi) is 4.54. The molecule has 1 aromatic rings. The van der Waals surface area contributed by atoms with Crippen molar-refractivity contribution in [1.82, 2.24) is 4.98 Å². The van der Waals surface area contributed by atoms with E-state index in [1.165, 1.54) is 6.92 Å². The number of nitrogen functional groups attached to an aromatic ring is 1. The summed E-state index contributed by atoms with van der Waals surface area (Å²) in [7, 11) is 0. The highest BCUT2D eigenvalue weighted by atomic mass is 19.4. The standard InChI is InChI=1S/C10H12F3N3O3/c1-2-18-9(17)6-7(19-10(11,12)13)5(3-14)4-16-8(6)15/h4H,2-3,14H2,1H3,(H2,15,16). The quantitative estimate of drug-likeness (QED) is 0.803. The van der Waals surface area contributed by atoms with E-state index in [-0.39, 0.29) is 18.7 Å². The number of rotatable bonds is 4. The molecule has 0 atom stereocenters. The molecule has 0 amide bonds. The molecule has 6 nitrogen and oxygen atoms in total. The molecule has 0 aliphatic heterocycles. The van der Waals surface area contributed by atoms with E-state index in [0.29, 0.717) is 0 Å². The Balaban J connectivity index is 3.36. The van der Waals surface area contributed by atoms with Crippen LogP contribution in [-0.2, 0) is 11.3 Å². The molecule has 9 heteroatoms. The smallest absolute Gasteiger partial charge is 0.462 e. The summed E-state index contributed by atoms with van der Waals surface area (Å²) in [5.74, 6) is -2.25. The van der Waals surface area contributed by atoms with Crippen molar-refractivity contribution in [3.8, 4) is 5.75 Å². The number of hydrogen-bond donors (Lipinski definition) is 2. The molecule has 0 fully saturated rings. The van der Waals surface area contributed by atoms with E-state index in [2.05, 4.69) is 14.5 Å². The lowest BCUT2D eigenvalue weighted by atomic mass is 10.1. The van der Waals surface area contributed by atoms with Gasteiger partial charge in [-0.05, 0) is 6.92 Å². The van der Waals surface area contributed by atoms with Gasteiger partial charge in [-0.25, -0.2) is 9.78 Å². The second kappa shape index (κ2) is 5.74. The Morgan fingerprint density at radius 2 is 2.11 bits per heavy atom. The first-order valence-corrected chi connectivity index (χ1v) is 5.20. The third-order valence-electron chi connectivity index (χ3n) is 2.05. The predicted octanol–water partition coefficient (Wildman–Crippen LogP) is 1.20. The van der Waals surface area contributed by atoms with Gasteiger partial charge in [0.25, 0.3) is 0 Å². The maximum atomic E-state index is 12.3. The summed E-state index contributed by atoms with van der Waals surface area (Å²) >= 11 is 0. The molecule has 106 valence electrons. The van der Waals surface area contributed by atoms with Gasteiger partial charge in [0.05, 0.1) is 6.61 Å². The number of aromatic nitrogens is 1. The molecule has 4 N–H and O–H groups in total. The number of alkyl halides is 3. The number of ether oxygens (including phenoxy) is 2. The molecule has 1 rings (SSSR count). The topological polar surface area (TPSA) is 100 Å². The van der Waals surface area contributed by atoms with Crippen LogP contribution in [0.1, 0.15) is 22.8 Å². The lowest BCUT2D eigenvalue weighted by Crippen LogP contribution is -2.22. The highest BCUT2D eigenvalue weighted by Gasteiger charge is 2.35. The maximum Gasteiger partial charge on any atom is 0.573 e. The van der Waals surface area contributed by atoms with Gasteiger partial charge in [0.2, 0.25) is 0 Å². The Bertz CT molecular complexity index is 477. The number of carbonyl (C=O) groups is 1. The van der Waals surface area contributed by atoms with Gasteiger partial charge in [0.1, 0.15) is 11.4 Å². The molecule has 1 heterocycles. The van der Waals surface area contributed by atoms with Crippen molar-refractivity contribution in [1.29, 1.82) is 0 Å². The second-order valence-electron chi connectivity index (χ2n) is 3.35. The first-order valence-electron chi connectivity index (χ1n) is 5.20. The summed E-state index contributed by atoms with van der Waals surface area (Å²) in [6.07, 6.45) is -3.97. The second-order valence-corrected chi connectivity index (χ2v) is 3.35. The molecule has 0 aliphatic carbocycles. The van der Waals surface area contributed by atoms with Crippen LogP contribution in [0.5, 0.6) is 5.75 Å². The summed E-state index contributed by atoms with van der Waals surface area (Å²) < 4.78 is 45.4. The molecular formula is C10H12F3N3O3. The monoisotopic (exact) mass is 279 g/mol. The highest BCUT2D eigenvalue weighted by Crippen LogP contribution is 2.32. The zero-order valence-corrected chi connectivity index (χ0v) is 9.95. The number of hydrogen-bond acceptors (Lipinski definition) is 6. The molecule has 0 bridgehead atoms. The third kappa shape index (κ3) is 3.71. The molecule has 19 heavy (non-hydrogen) atoms. The number of carbonyl (C=O) groups excluding carboxylic acids is 1. The van der Waals surface area contributed by atoms with Crippen LogP contribution < -0.4 is 16.2 Å². The van der Waals surface area contributed by atoms with Gasteiger partial charge in [-0.3, -0.25) is 0 Å². The van der Waals surface area contributed by atoms with Crippen molar-refractivity contribution in [2.24, 2.45) is 5.73 Å². The van der Waals surface area contributed by atoms with Gasteiger partial charge in [0.15, 0.2) is 5.75 Å². The fourth-order valence-electron chi connectivity index (χ4n) is 1.33.